The second-order valence-electron chi connectivity index (χ2n) is 4.46. The first-order valence-electron chi connectivity index (χ1n) is 6.22. The average molecular weight is 324 g/mol. The highest BCUT2D eigenvalue weighted by molar-refractivity contribution is 9.10. The maximum atomic E-state index is 6.00. The van der Waals surface area contributed by atoms with E-state index in [2.05, 4.69) is 28.0 Å². The maximum Gasteiger partial charge on any atom is 0.143 e. The van der Waals surface area contributed by atoms with Gasteiger partial charge in [-0.05, 0) is 40.9 Å². The number of benzene rings is 1. The topological polar surface area (TPSA) is 53.1 Å². The lowest BCUT2D eigenvalue weighted by atomic mass is 10.2. The van der Waals surface area contributed by atoms with Gasteiger partial charge in [0.2, 0.25) is 0 Å². The third kappa shape index (κ3) is 2.76. The van der Waals surface area contributed by atoms with E-state index in [0.717, 1.165) is 27.8 Å². The van der Waals surface area contributed by atoms with Gasteiger partial charge in [-0.25, -0.2) is 0 Å². The molecule has 1 aromatic carbocycles. The number of aromatic nitrogens is 2. The van der Waals surface area contributed by atoms with Crippen LogP contribution in [0.2, 0.25) is 0 Å². The zero-order valence-electron chi connectivity index (χ0n) is 11.4. The predicted molar refractivity (Wildman–Crippen MR) is 80.2 cm³/mol. The summed E-state index contributed by atoms with van der Waals surface area (Å²) in [5.41, 5.74) is 9.76. The van der Waals surface area contributed by atoms with Crippen LogP contribution in [0.1, 0.15) is 23.9 Å². The van der Waals surface area contributed by atoms with Crippen LogP contribution in [-0.4, -0.2) is 9.78 Å². The van der Waals surface area contributed by atoms with Gasteiger partial charge >= 0.3 is 0 Å². The van der Waals surface area contributed by atoms with Crippen LogP contribution in [0.15, 0.2) is 22.7 Å². The van der Waals surface area contributed by atoms with Gasteiger partial charge < -0.3 is 10.5 Å². The zero-order chi connectivity index (χ0) is 14.0. The van der Waals surface area contributed by atoms with Crippen LogP contribution in [-0.2, 0) is 20.1 Å². The summed E-state index contributed by atoms with van der Waals surface area (Å²) >= 11 is 3.57. The first kappa shape index (κ1) is 13.9. The molecule has 4 nitrogen and oxygen atoms in total. The number of nitrogens with zero attached hydrogens (tertiary/aromatic N) is 2. The molecule has 0 bridgehead atoms. The third-order valence-corrected chi connectivity index (χ3v) is 4.07. The number of anilines is 1. The van der Waals surface area contributed by atoms with Crippen molar-refractivity contribution in [3.8, 4) is 5.75 Å². The molecule has 0 unspecified atom stereocenters. The van der Waals surface area contributed by atoms with Crippen molar-refractivity contribution in [2.45, 2.75) is 26.9 Å². The molecule has 2 N–H and O–H groups in total. The Bertz CT molecular complexity index is 593. The van der Waals surface area contributed by atoms with E-state index in [-0.39, 0.29) is 0 Å². The second-order valence-corrected chi connectivity index (χ2v) is 5.25. The number of hydrogen-bond donors (Lipinski definition) is 1. The number of hydrogen-bond acceptors (Lipinski definition) is 3. The van der Waals surface area contributed by atoms with Gasteiger partial charge in [-0.3, -0.25) is 4.68 Å². The molecule has 0 fully saturated rings. The first-order valence-corrected chi connectivity index (χ1v) is 7.02. The molecule has 1 aromatic heterocycles. The molecule has 2 rings (SSSR count). The van der Waals surface area contributed by atoms with Crippen LogP contribution in [0.5, 0.6) is 5.75 Å². The van der Waals surface area contributed by atoms with Crippen molar-refractivity contribution in [3.05, 3.63) is 39.6 Å². The number of halogens is 1. The van der Waals surface area contributed by atoms with Gasteiger partial charge in [-0.15, -0.1) is 0 Å². The van der Waals surface area contributed by atoms with Crippen LogP contribution in [0.25, 0.3) is 0 Å². The summed E-state index contributed by atoms with van der Waals surface area (Å²) in [4.78, 5) is 0. The van der Waals surface area contributed by atoms with Crippen LogP contribution in [0.4, 0.5) is 5.69 Å². The van der Waals surface area contributed by atoms with E-state index in [0.29, 0.717) is 18.0 Å². The van der Waals surface area contributed by atoms with Crippen LogP contribution in [0.3, 0.4) is 0 Å². The average Bonchev–Trinajstić information content (AvgIpc) is 2.66. The van der Waals surface area contributed by atoms with Crippen molar-refractivity contribution < 1.29 is 4.74 Å². The fraction of sp³-hybridized carbons (Fsp3) is 0.357. The van der Waals surface area contributed by atoms with Crippen molar-refractivity contribution in [2.24, 2.45) is 7.05 Å². The summed E-state index contributed by atoms with van der Waals surface area (Å²) in [6.45, 7) is 4.49. The van der Waals surface area contributed by atoms with Crippen molar-refractivity contribution >= 4 is 21.6 Å². The summed E-state index contributed by atoms with van der Waals surface area (Å²) < 4.78 is 8.67. The van der Waals surface area contributed by atoms with E-state index >= 15 is 0 Å². The summed E-state index contributed by atoms with van der Waals surface area (Å²) in [7, 11) is 1.92. The molecule has 0 spiro atoms. The number of rotatable bonds is 4. The first-order chi connectivity index (χ1) is 9.04. The lowest BCUT2D eigenvalue weighted by Gasteiger charge is -2.11. The van der Waals surface area contributed by atoms with Gasteiger partial charge in [0, 0.05) is 7.05 Å². The van der Waals surface area contributed by atoms with Crippen molar-refractivity contribution in [1.82, 2.24) is 9.78 Å². The Balaban J connectivity index is 2.19. The van der Waals surface area contributed by atoms with Gasteiger partial charge in [-0.2, -0.15) is 5.10 Å². The lowest BCUT2D eigenvalue weighted by Crippen LogP contribution is -2.05. The SMILES string of the molecule is CCc1nn(C)c(COc2cccc(C)c2N)c1Br. The van der Waals surface area contributed by atoms with E-state index < -0.39 is 0 Å². The second kappa shape index (κ2) is 5.65. The van der Waals surface area contributed by atoms with Gasteiger partial charge in [0.05, 0.1) is 21.5 Å². The highest BCUT2D eigenvalue weighted by atomic mass is 79.9. The van der Waals surface area contributed by atoms with Gasteiger partial charge in [0.1, 0.15) is 12.4 Å². The summed E-state index contributed by atoms with van der Waals surface area (Å²) in [6, 6.07) is 5.79. The van der Waals surface area contributed by atoms with Gasteiger partial charge in [-0.1, -0.05) is 19.1 Å². The van der Waals surface area contributed by atoms with Gasteiger partial charge in [0.25, 0.3) is 0 Å². The molecule has 1 heterocycles. The molecule has 102 valence electrons. The molecule has 5 heteroatoms. The Kier molecular flexibility index (Phi) is 4.14. The van der Waals surface area contributed by atoms with Crippen molar-refractivity contribution in [2.75, 3.05) is 5.73 Å². The molecule has 0 amide bonds. The molecular weight excluding hydrogens is 306 g/mol. The van der Waals surface area contributed by atoms with Crippen molar-refractivity contribution in [1.29, 1.82) is 0 Å². The van der Waals surface area contributed by atoms with E-state index in [1.165, 1.54) is 0 Å². The van der Waals surface area contributed by atoms with Gasteiger partial charge in [0.15, 0.2) is 0 Å². The van der Waals surface area contributed by atoms with E-state index in [1.807, 2.05) is 36.9 Å². The third-order valence-electron chi connectivity index (χ3n) is 3.15. The van der Waals surface area contributed by atoms with E-state index in [9.17, 15) is 0 Å². The molecule has 2 aromatic rings. The monoisotopic (exact) mass is 323 g/mol. The normalized spacial score (nSPS) is 10.7. The Morgan fingerprint density at radius 1 is 1.42 bits per heavy atom. The molecule has 0 aliphatic heterocycles. The molecule has 0 aliphatic rings. The summed E-state index contributed by atoms with van der Waals surface area (Å²) in [5, 5.41) is 4.44. The smallest absolute Gasteiger partial charge is 0.143 e. The predicted octanol–water partition coefficient (Wildman–Crippen LogP) is 3.21. The Hall–Kier alpha value is -1.49. The highest BCUT2D eigenvalue weighted by Crippen LogP contribution is 2.27. The number of aryl methyl sites for hydroxylation is 3. The molecule has 0 saturated heterocycles. The van der Waals surface area contributed by atoms with Crippen LogP contribution in [0, 0.1) is 6.92 Å². The minimum atomic E-state index is 0.442. The number of nitrogen functional groups attached to an aromatic ring is 1. The number of para-hydroxylation sites is 1. The summed E-state index contributed by atoms with van der Waals surface area (Å²) in [6.07, 6.45) is 0.890. The molecule has 0 radical (unpaired) electrons. The molecule has 0 atom stereocenters. The highest BCUT2D eigenvalue weighted by Gasteiger charge is 2.13. The van der Waals surface area contributed by atoms with Crippen molar-refractivity contribution in [3.63, 3.8) is 0 Å². The fourth-order valence-corrected chi connectivity index (χ4v) is 2.63. The quantitative estimate of drug-likeness (QED) is 0.879. The number of ether oxygens (including phenoxy) is 1. The number of nitrogens with two attached hydrogens (primary N) is 1. The molecular formula is C14H18BrN3O. The van der Waals surface area contributed by atoms with Crippen LogP contribution < -0.4 is 10.5 Å². The van der Waals surface area contributed by atoms with E-state index in [1.54, 1.807) is 0 Å². The Labute approximate surface area is 121 Å². The Morgan fingerprint density at radius 3 is 2.79 bits per heavy atom. The fourth-order valence-electron chi connectivity index (χ4n) is 1.90. The molecule has 0 aliphatic carbocycles. The maximum absolute atomic E-state index is 6.00. The lowest BCUT2D eigenvalue weighted by molar-refractivity contribution is 0.295. The van der Waals surface area contributed by atoms with Crippen LogP contribution >= 0.6 is 15.9 Å². The standard InChI is InChI=1S/C14H18BrN3O/c1-4-10-13(15)11(18(3)17-10)8-19-12-7-5-6-9(2)14(12)16/h5-7H,4,8,16H2,1-3H3. The molecule has 0 saturated carbocycles. The zero-order valence-corrected chi connectivity index (χ0v) is 13.0. The Morgan fingerprint density at radius 2 is 2.16 bits per heavy atom. The largest absolute Gasteiger partial charge is 0.485 e. The minimum Gasteiger partial charge on any atom is -0.485 e. The summed E-state index contributed by atoms with van der Waals surface area (Å²) in [5.74, 6) is 0.714. The van der Waals surface area contributed by atoms with E-state index in [4.69, 9.17) is 10.5 Å². The minimum absolute atomic E-state index is 0.442. The molecule has 19 heavy (non-hydrogen) atoms.